The van der Waals surface area contributed by atoms with Crippen LogP contribution in [0.15, 0.2) is 0 Å². The second-order valence-electron chi connectivity index (χ2n) is 5.24. The van der Waals surface area contributed by atoms with Crippen molar-refractivity contribution >= 4 is 30.7 Å². The fraction of sp³-hybridized carbons (Fsp3) is 0.917. The van der Waals surface area contributed by atoms with Gasteiger partial charge in [0.05, 0.1) is 25.8 Å². The molecule has 9 heteroatoms. The van der Waals surface area contributed by atoms with Crippen LogP contribution in [0.25, 0.3) is 0 Å². The summed E-state index contributed by atoms with van der Waals surface area (Å²) in [5.41, 5.74) is 0. The highest BCUT2D eigenvalue weighted by Gasteiger charge is 2.42. The largest absolute Gasteiger partial charge is 0.379 e. The number of ether oxygens (including phenoxy) is 1. The van der Waals surface area contributed by atoms with E-state index in [1.807, 2.05) is 0 Å². The number of nitrogens with zero attached hydrogens (tertiary/aromatic N) is 1. The molecule has 2 heterocycles. The molecule has 0 spiro atoms. The van der Waals surface area contributed by atoms with Crippen molar-refractivity contribution < 1.29 is 18.3 Å². The Labute approximate surface area is 136 Å². The van der Waals surface area contributed by atoms with E-state index in [2.05, 4.69) is 22.5 Å². The van der Waals surface area contributed by atoms with Crippen molar-refractivity contribution in [1.82, 2.24) is 15.5 Å². The van der Waals surface area contributed by atoms with E-state index in [1.54, 1.807) is 0 Å². The molecule has 2 unspecified atom stereocenters. The summed E-state index contributed by atoms with van der Waals surface area (Å²) in [6.45, 7) is 5.10. The van der Waals surface area contributed by atoms with Crippen molar-refractivity contribution in [2.24, 2.45) is 0 Å². The molecule has 2 aliphatic heterocycles. The van der Waals surface area contributed by atoms with E-state index in [1.165, 1.54) is 0 Å². The molecule has 2 rings (SSSR count). The molecular formula is C12H23Cl2F2N3O2. The third-order valence-corrected chi connectivity index (χ3v) is 3.63. The number of carbonyl (C=O) groups is 1. The van der Waals surface area contributed by atoms with Crippen molar-refractivity contribution in [3.05, 3.63) is 0 Å². The van der Waals surface area contributed by atoms with Gasteiger partial charge in [-0.1, -0.05) is 0 Å². The summed E-state index contributed by atoms with van der Waals surface area (Å²) in [7, 11) is 0. The molecule has 2 fully saturated rings. The average Bonchev–Trinajstić information content (AvgIpc) is 2.72. The number of hydrogen-bond acceptors (Lipinski definition) is 4. The zero-order valence-electron chi connectivity index (χ0n) is 11.9. The SMILES string of the molecule is CC1COCCN1CCNC(=O)C1CC(F)(F)CN1.Cl.Cl. The van der Waals surface area contributed by atoms with Crippen LogP contribution >= 0.6 is 24.8 Å². The van der Waals surface area contributed by atoms with Crippen molar-refractivity contribution in [3.63, 3.8) is 0 Å². The van der Waals surface area contributed by atoms with Crippen LogP contribution in [0.5, 0.6) is 0 Å². The third-order valence-electron chi connectivity index (χ3n) is 3.63. The molecule has 5 nitrogen and oxygen atoms in total. The summed E-state index contributed by atoms with van der Waals surface area (Å²) in [4.78, 5) is 13.9. The maximum atomic E-state index is 13.0. The van der Waals surface area contributed by atoms with Crippen LogP contribution in [0.1, 0.15) is 13.3 Å². The maximum absolute atomic E-state index is 13.0. The van der Waals surface area contributed by atoms with Crippen molar-refractivity contribution in [2.45, 2.75) is 31.4 Å². The van der Waals surface area contributed by atoms with Crippen molar-refractivity contribution in [2.75, 3.05) is 39.4 Å². The van der Waals surface area contributed by atoms with E-state index in [-0.39, 0.29) is 30.7 Å². The number of nitrogens with one attached hydrogen (secondary N) is 2. The molecule has 126 valence electrons. The lowest BCUT2D eigenvalue weighted by Gasteiger charge is -2.33. The highest BCUT2D eigenvalue weighted by molar-refractivity contribution is 5.85. The number of carbonyl (C=O) groups excluding carboxylic acids is 1. The van der Waals surface area contributed by atoms with E-state index in [0.29, 0.717) is 25.8 Å². The van der Waals surface area contributed by atoms with E-state index < -0.39 is 24.9 Å². The van der Waals surface area contributed by atoms with Gasteiger partial charge in [-0.15, -0.1) is 24.8 Å². The van der Waals surface area contributed by atoms with E-state index >= 15 is 0 Å². The highest BCUT2D eigenvalue weighted by Crippen LogP contribution is 2.24. The van der Waals surface area contributed by atoms with Gasteiger partial charge in [-0.05, 0) is 6.92 Å². The molecule has 2 saturated heterocycles. The Morgan fingerprint density at radius 1 is 1.48 bits per heavy atom. The summed E-state index contributed by atoms with van der Waals surface area (Å²) in [6.07, 6.45) is -0.410. The van der Waals surface area contributed by atoms with Crippen LogP contribution < -0.4 is 10.6 Å². The first-order valence-corrected chi connectivity index (χ1v) is 6.69. The van der Waals surface area contributed by atoms with Gasteiger partial charge in [0.25, 0.3) is 5.92 Å². The monoisotopic (exact) mass is 349 g/mol. The first kappa shape index (κ1) is 20.8. The zero-order valence-corrected chi connectivity index (χ0v) is 13.6. The van der Waals surface area contributed by atoms with Crippen LogP contribution in [0.3, 0.4) is 0 Å². The first-order chi connectivity index (χ1) is 8.98. The normalized spacial score (nSPS) is 28.3. The average molecular weight is 350 g/mol. The van der Waals surface area contributed by atoms with Crippen molar-refractivity contribution in [1.29, 1.82) is 0 Å². The zero-order chi connectivity index (χ0) is 13.9. The number of amides is 1. The van der Waals surface area contributed by atoms with Gasteiger partial charge in [0.2, 0.25) is 5.91 Å². The lowest BCUT2D eigenvalue weighted by molar-refractivity contribution is -0.123. The first-order valence-electron chi connectivity index (χ1n) is 6.69. The standard InChI is InChI=1S/C12H21F2N3O2.2ClH/c1-9-7-19-5-4-17(9)3-2-15-11(18)10-6-12(13,14)8-16-10;;/h9-10,16H,2-8H2,1H3,(H,15,18);2*1H. The third kappa shape index (κ3) is 6.20. The second kappa shape index (κ2) is 9.05. The number of rotatable bonds is 4. The molecule has 2 aliphatic rings. The fourth-order valence-electron chi connectivity index (χ4n) is 2.44. The van der Waals surface area contributed by atoms with Crippen LogP contribution in [0, 0.1) is 0 Å². The smallest absolute Gasteiger partial charge is 0.262 e. The quantitative estimate of drug-likeness (QED) is 0.783. The molecule has 0 saturated carbocycles. The highest BCUT2D eigenvalue weighted by atomic mass is 35.5. The molecule has 0 radical (unpaired) electrons. The Kier molecular flexibility index (Phi) is 8.96. The van der Waals surface area contributed by atoms with E-state index in [9.17, 15) is 13.6 Å². The van der Waals surface area contributed by atoms with Gasteiger partial charge in [-0.3, -0.25) is 15.0 Å². The van der Waals surface area contributed by atoms with Crippen molar-refractivity contribution in [3.8, 4) is 0 Å². The van der Waals surface area contributed by atoms with Gasteiger partial charge in [-0.2, -0.15) is 0 Å². The number of halogens is 4. The molecular weight excluding hydrogens is 327 g/mol. The Morgan fingerprint density at radius 2 is 2.19 bits per heavy atom. The fourth-order valence-corrected chi connectivity index (χ4v) is 2.44. The maximum Gasteiger partial charge on any atom is 0.262 e. The number of alkyl halides is 2. The molecule has 1 amide bonds. The molecule has 0 aromatic carbocycles. The lowest BCUT2D eigenvalue weighted by Crippen LogP contribution is -2.48. The number of morpholine rings is 1. The second-order valence-corrected chi connectivity index (χ2v) is 5.24. The van der Waals surface area contributed by atoms with Crippen LogP contribution in [-0.2, 0) is 9.53 Å². The summed E-state index contributed by atoms with van der Waals surface area (Å²) in [6, 6.07) is -0.434. The molecule has 2 atom stereocenters. The summed E-state index contributed by atoms with van der Waals surface area (Å²) >= 11 is 0. The minimum Gasteiger partial charge on any atom is -0.379 e. The van der Waals surface area contributed by atoms with E-state index in [4.69, 9.17) is 4.74 Å². The summed E-state index contributed by atoms with van der Waals surface area (Å²) < 4.78 is 31.2. The van der Waals surface area contributed by atoms with Gasteiger partial charge in [0.15, 0.2) is 0 Å². The van der Waals surface area contributed by atoms with Gasteiger partial charge >= 0.3 is 0 Å². The molecule has 2 N–H and O–H groups in total. The molecule has 21 heavy (non-hydrogen) atoms. The van der Waals surface area contributed by atoms with Crippen LogP contribution in [0.4, 0.5) is 8.78 Å². The van der Waals surface area contributed by atoms with Gasteiger partial charge in [-0.25, -0.2) is 8.78 Å². The minimum absolute atomic E-state index is 0. The topological polar surface area (TPSA) is 53.6 Å². The molecule has 0 bridgehead atoms. The minimum atomic E-state index is -2.76. The van der Waals surface area contributed by atoms with E-state index in [0.717, 1.165) is 13.1 Å². The molecule has 0 aromatic rings. The van der Waals surface area contributed by atoms with Gasteiger partial charge in [0, 0.05) is 32.1 Å². The Morgan fingerprint density at radius 3 is 2.76 bits per heavy atom. The predicted octanol–water partition coefficient (Wildman–Crippen LogP) is 0.664. The molecule has 0 aromatic heterocycles. The number of hydrogen-bond donors (Lipinski definition) is 2. The summed E-state index contributed by atoms with van der Waals surface area (Å²) in [5, 5.41) is 5.26. The van der Waals surface area contributed by atoms with Gasteiger partial charge < -0.3 is 10.1 Å². The predicted molar refractivity (Wildman–Crippen MR) is 80.7 cm³/mol. The van der Waals surface area contributed by atoms with Gasteiger partial charge in [0.1, 0.15) is 0 Å². The summed E-state index contributed by atoms with van der Waals surface area (Å²) in [5.74, 6) is -3.10. The Hall–Kier alpha value is -0.210. The van der Waals surface area contributed by atoms with Crippen LogP contribution in [0.2, 0.25) is 0 Å². The van der Waals surface area contributed by atoms with Crippen LogP contribution in [-0.4, -0.2) is 68.2 Å². The molecule has 0 aliphatic carbocycles. The Balaban J connectivity index is 0.00000200. The Bertz CT molecular complexity index is 338. The lowest BCUT2D eigenvalue weighted by atomic mass is 10.2.